The Balaban J connectivity index is 1.97. The zero-order valence-corrected chi connectivity index (χ0v) is 18.0. The first-order valence-electron chi connectivity index (χ1n) is 9.98. The fourth-order valence-electron chi connectivity index (χ4n) is 2.77. The van der Waals surface area contributed by atoms with Gasteiger partial charge in [0.2, 0.25) is 5.91 Å². The summed E-state index contributed by atoms with van der Waals surface area (Å²) in [6, 6.07) is 14.0. The second-order valence-electron chi connectivity index (χ2n) is 7.11. The zero-order valence-electron chi connectivity index (χ0n) is 18.0. The molecule has 0 bridgehead atoms. The van der Waals surface area contributed by atoms with Crippen LogP contribution in [0.25, 0.3) is 0 Å². The third-order valence-corrected chi connectivity index (χ3v) is 4.50. The lowest BCUT2D eigenvalue weighted by Crippen LogP contribution is -2.36. The van der Waals surface area contributed by atoms with E-state index in [0.29, 0.717) is 19.0 Å². The van der Waals surface area contributed by atoms with Crippen molar-refractivity contribution in [3.63, 3.8) is 0 Å². The smallest absolute Gasteiger partial charge is 0.221 e. The van der Waals surface area contributed by atoms with Crippen LogP contribution in [0.15, 0.2) is 47.5 Å². The van der Waals surface area contributed by atoms with Crippen LogP contribution in [0.3, 0.4) is 0 Å². The van der Waals surface area contributed by atoms with Crippen LogP contribution >= 0.6 is 0 Å². The number of nitrogens with zero attached hydrogens (tertiary/aromatic N) is 1. The Morgan fingerprint density at radius 3 is 2.59 bits per heavy atom. The van der Waals surface area contributed by atoms with Gasteiger partial charge in [-0.1, -0.05) is 31.2 Å². The van der Waals surface area contributed by atoms with E-state index in [1.807, 2.05) is 24.3 Å². The van der Waals surface area contributed by atoms with E-state index in [0.717, 1.165) is 29.0 Å². The van der Waals surface area contributed by atoms with Crippen LogP contribution in [-0.2, 0) is 17.9 Å². The largest absolute Gasteiger partial charge is 0.490 e. The number of benzene rings is 2. The Kier molecular flexibility index (Phi) is 8.52. The first kappa shape index (κ1) is 22.3. The van der Waals surface area contributed by atoms with E-state index in [4.69, 9.17) is 4.74 Å². The predicted octanol–water partition coefficient (Wildman–Crippen LogP) is 4.00. The lowest BCUT2D eigenvalue weighted by molar-refractivity contribution is -0.114. The van der Waals surface area contributed by atoms with Crippen LogP contribution in [-0.4, -0.2) is 25.0 Å². The summed E-state index contributed by atoms with van der Waals surface area (Å²) < 4.78 is 6.08. The summed E-state index contributed by atoms with van der Waals surface area (Å²) in [5, 5.41) is 9.45. The first-order chi connectivity index (χ1) is 13.9. The van der Waals surface area contributed by atoms with Crippen molar-refractivity contribution in [1.82, 2.24) is 10.6 Å². The fourth-order valence-corrected chi connectivity index (χ4v) is 2.77. The van der Waals surface area contributed by atoms with Gasteiger partial charge in [0.1, 0.15) is 5.75 Å². The molecule has 2 rings (SSSR count). The summed E-state index contributed by atoms with van der Waals surface area (Å²) in [6.07, 6.45) is 1.13. The van der Waals surface area contributed by atoms with Gasteiger partial charge in [0.05, 0.1) is 6.10 Å². The van der Waals surface area contributed by atoms with E-state index in [-0.39, 0.29) is 12.0 Å². The molecular weight excluding hydrogens is 364 g/mol. The number of amides is 1. The maximum absolute atomic E-state index is 11.2. The lowest BCUT2D eigenvalue weighted by Gasteiger charge is -2.18. The molecule has 0 radical (unpaired) electrons. The van der Waals surface area contributed by atoms with Gasteiger partial charge in [-0.3, -0.25) is 9.79 Å². The number of nitrogens with one attached hydrogen (secondary N) is 3. The van der Waals surface area contributed by atoms with Gasteiger partial charge < -0.3 is 20.7 Å². The predicted molar refractivity (Wildman–Crippen MR) is 119 cm³/mol. The average molecular weight is 397 g/mol. The topological polar surface area (TPSA) is 74.8 Å². The number of anilines is 1. The van der Waals surface area contributed by atoms with E-state index in [1.165, 1.54) is 12.5 Å². The monoisotopic (exact) mass is 396 g/mol. The van der Waals surface area contributed by atoms with Crippen molar-refractivity contribution in [2.45, 2.75) is 53.3 Å². The van der Waals surface area contributed by atoms with E-state index in [9.17, 15) is 4.79 Å². The average Bonchev–Trinajstić information content (AvgIpc) is 2.69. The molecular formula is C23H32N4O2. The summed E-state index contributed by atoms with van der Waals surface area (Å²) in [5.74, 6) is 1.52. The Labute approximate surface area is 173 Å². The summed E-state index contributed by atoms with van der Waals surface area (Å²) in [7, 11) is 1.74. The molecule has 6 nitrogen and oxygen atoms in total. The molecule has 156 valence electrons. The number of carbonyl (C=O) groups is 1. The Morgan fingerprint density at radius 1 is 1.14 bits per heavy atom. The van der Waals surface area contributed by atoms with Gasteiger partial charge in [-0.15, -0.1) is 0 Å². The van der Waals surface area contributed by atoms with Crippen LogP contribution in [0, 0.1) is 6.92 Å². The molecule has 1 unspecified atom stereocenters. The quantitative estimate of drug-likeness (QED) is 0.466. The van der Waals surface area contributed by atoms with Crippen LogP contribution in [0.2, 0.25) is 0 Å². The SMILES string of the molecule is CCC(C)Oc1cc(C)ccc1CNC(=NC)NCc1cccc(NC(C)=O)c1. The number of aliphatic imine (C=N–C) groups is 1. The third-order valence-electron chi connectivity index (χ3n) is 4.50. The molecule has 1 amide bonds. The van der Waals surface area contributed by atoms with Crippen molar-refractivity contribution in [2.75, 3.05) is 12.4 Å². The second kappa shape index (κ2) is 11.1. The van der Waals surface area contributed by atoms with E-state index >= 15 is 0 Å². The van der Waals surface area contributed by atoms with Gasteiger partial charge >= 0.3 is 0 Å². The maximum atomic E-state index is 11.2. The van der Waals surface area contributed by atoms with E-state index in [1.54, 1.807) is 7.05 Å². The molecule has 0 aliphatic carbocycles. The first-order valence-corrected chi connectivity index (χ1v) is 9.98. The Hall–Kier alpha value is -3.02. The van der Waals surface area contributed by atoms with Gasteiger partial charge in [-0.05, 0) is 49.6 Å². The normalized spacial score (nSPS) is 12.2. The summed E-state index contributed by atoms with van der Waals surface area (Å²) in [6.45, 7) is 8.96. The van der Waals surface area contributed by atoms with Gasteiger partial charge in [0.15, 0.2) is 5.96 Å². The van der Waals surface area contributed by atoms with Crippen molar-refractivity contribution in [3.05, 3.63) is 59.2 Å². The number of carbonyl (C=O) groups excluding carboxylic acids is 1. The molecule has 0 spiro atoms. The van der Waals surface area contributed by atoms with Gasteiger partial charge in [0, 0.05) is 38.3 Å². The molecule has 0 heterocycles. The van der Waals surface area contributed by atoms with Crippen molar-refractivity contribution < 1.29 is 9.53 Å². The molecule has 0 saturated carbocycles. The van der Waals surface area contributed by atoms with Crippen molar-refractivity contribution >= 4 is 17.6 Å². The third kappa shape index (κ3) is 7.49. The number of aryl methyl sites for hydroxylation is 1. The standard InChI is InChI=1S/C23H32N4O2/c1-6-17(3)29-22-12-16(2)10-11-20(22)15-26-23(24-5)25-14-19-8-7-9-21(13-19)27-18(4)28/h7-13,17H,6,14-15H2,1-5H3,(H,27,28)(H2,24,25,26). The summed E-state index contributed by atoms with van der Waals surface area (Å²) in [4.78, 5) is 15.5. The molecule has 0 saturated heterocycles. The minimum absolute atomic E-state index is 0.0823. The number of hydrogen-bond acceptors (Lipinski definition) is 3. The van der Waals surface area contributed by atoms with Crippen LogP contribution in [0.5, 0.6) is 5.75 Å². The lowest BCUT2D eigenvalue weighted by atomic mass is 10.1. The Morgan fingerprint density at radius 2 is 1.90 bits per heavy atom. The summed E-state index contributed by atoms with van der Waals surface area (Å²) >= 11 is 0. The molecule has 29 heavy (non-hydrogen) atoms. The van der Waals surface area contributed by atoms with Crippen molar-refractivity contribution in [3.8, 4) is 5.75 Å². The molecule has 0 aliphatic heterocycles. The maximum Gasteiger partial charge on any atom is 0.221 e. The molecule has 0 aliphatic rings. The van der Waals surface area contributed by atoms with Crippen LogP contribution in [0.4, 0.5) is 5.69 Å². The molecule has 1 atom stereocenters. The molecule has 2 aromatic carbocycles. The Bertz CT molecular complexity index is 849. The summed E-state index contributed by atoms with van der Waals surface area (Å²) in [5.41, 5.74) is 4.10. The van der Waals surface area contributed by atoms with Gasteiger partial charge in [0.25, 0.3) is 0 Å². The number of guanidine groups is 1. The van der Waals surface area contributed by atoms with Gasteiger partial charge in [-0.25, -0.2) is 0 Å². The van der Waals surface area contributed by atoms with Crippen LogP contribution in [0.1, 0.15) is 43.9 Å². The number of rotatable bonds is 8. The van der Waals surface area contributed by atoms with Gasteiger partial charge in [-0.2, -0.15) is 0 Å². The number of hydrogen-bond donors (Lipinski definition) is 3. The van der Waals surface area contributed by atoms with E-state index < -0.39 is 0 Å². The van der Waals surface area contributed by atoms with Crippen LogP contribution < -0.4 is 20.7 Å². The molecule has 0 aromatic heterocycles. The molecule has 0 fully saturated rings. The van der Waals surface area contributed by atoms with E-state index in [2.05, 4.69) is 59.9 Å². The highest BCUT2D eigenvalue weighted by molar-refractivity contribution is 5.88. The highest BCUT2D eigenvalue weighted by Gasteiger charge is 2.09. The molecule has 3 N–H and O–H groups in total. The fraction of sp³-hybridized carbons (Fsp3) is 0.391. The second-order valence-corrected chi connectivity index (χ2v) is 7.11. The highest BCUT2D eigenvalue weighted by Crippen LogP contribution is 2.22. The molecule has 2 aromatic rings. The minimum atomic E-state index is -0.0823. The van der Waals surface area contributed by atoms with Crippen molar-refractivity contribution in [2.24, 2.45) is 4.99 Å². The van der Waals surface area contributed by atoms with Crippen molar-refractivity contribution in [1.29, 1.82) is 0 Å². The minimum Gasteiger partial charge on any atom is -0.490 e. The molecule has 6 heteroatoms. The number of ether oxygens (including phenoxy) is 1. The highest BCUT2D eigenvalue weighted by atomic mass is 16.5. The zero-order chi connectivity index (χ0) is 21.2.